The molecule has 3 nitrogen and oxygen atoms in total. The van der Waals surface area contributed by atoms with Gasteiger partial charge in [0.2, 0.25) is 0 Å². The summed E-state index contributed by atoms with van der Waals surface area (Å²) in [6, 6.07) is 0. The highest BCUT2D eigenvalue weighted by molar-refractivity contribution is 6.00. The first-order valence-electron chi connectivity index (χ1n) is 5.81. The van der Waals surface area contributed by atoms with E-state index < -0.39 is 5.92 Å². The molecule has 0 bridgehead atoms. The molecule has 1 rings (SSSR count). The van der Waals surface area contributed by atoms with Crippen LogP contribution in [0.15, 0.2) is 0 Å². The van der Waals surface area contributed by atoms with Gasteiger partial charge in [-0.2, -0.15) is 0 Å². The highest BCUT2D eigenvalue weighted by Gasteiger charge is 2.40. The maximum absolute atomic E-state index is 11.5. The predicted octanol–water partition coefficient (Wildman–Crippen LogP) is 2.33. The van der Waals surface area contributed by atoms with Gasteiger partial charge in [-0.3, -0.25) is 9.59 Å². The van der Waals surface area contributed by atoms with Gasteiger partial charge in [0.25, 0.3) is 0 Å². The fourth-order valence-corrected chi connectivity index (χ4v) is 2.33. The number of carbonyl (C=O) groups excluding carboxylic acids is 2. The van der Waals surface area contributed by atoms with Gasteiger partial charge in [-0.05, 0) is 18.8 Å². The van der Waals surface area contributed by atoms with Gasteiger partial charge in [0.1, 0.15) is 11.7 Å². The van der Waals surface area contributed by atoms with Crippen molar-refractivity contribution in [3.05, 3.63) is 0 Å². The fourth-order valence-electron chi connectivity index (χ4n) is 2.33. The monoisotopic (exact) mass is 212 g/mol. The van der Waals surface area contributed by atoms with Crippen molar-refractivity contribution in [2.24, 2.45) is 11.8 Å². The van der Waals surface area contributed by atoms with Crippen molar-refractivity contribution < 1.29 is 14.3 Å². The minimum Gasteiger partial charge on any atom is -0.468 e. The van der Waals surface area contributed by atoms with Crippen LogP contribution in [0.5, 0.6) is 0 Å². The number of hydrogen-bond donors (Lipinski definition) is 0. The Hall–Kier alpha value is -0.860. The first-order valence-corrected chi connectivity index (χ1v) is 5.81. The molecule has 15 heavy (non-hydrogen) atoms. The van der Waals surface area contributed by atoms with Gasteiger partial charge in [0.15, 0.2) is 0 Å². The fraction of sp³-hybridized carbons (Fsp3) is 0.833. The van der Waals surface area contributed by atoms with Crippen LogP contribution >= 0.6 is 0 Å². The summed E-state index contributed by atoms with van der Waals surface area (Å²) in [4.78, 5) is 22.9. The normalized spacial score (nSPS) is 25.6. The number of ether oxygens (including phenoxy) is 1. The van der Waals surface area contributed by atoms with E-state index in [1.54, 1.807) is 0 Å². The molecule has 0 aromatic carbocycles. The molecule has 0 saturated heterocycles. The van der Waals surface area contributed by atoms with Crippen LogP contribution in [-0.4, -0.2) is 18.9 Å². The molecule has 0 spiro atoms. The summed E-state index contributed by atoms with van der Waals surface area (Å²) >= 11 is 0. The van der Waals surface area contributed by atoms with Crippen molar-refractivity contribution >= 4 is 11.8 Å². The van der Waals surface area contributed by atoms with E-state index in [0.717, 1.165) is 19.3 Å². The Bertz CT molecular complexity index is 235. The molecular weight excluding hydrogens is 192 g/mol. The molecule has 0 amide bonds. The van der Waals surface area contributed by atoms with Gasteiger partial charge < -0.3 is 4.74 Å². The maximum Gasteiger partial charge on any atom is 0.316 e. The number of Topliss-reactive ketones (excluding diaryl/α,β-unsaturated/α-hetero) is 1. The Morgan fingerprint density at radius 3 is 2.80 bits per heavy atom. The topological polar surface area (TPSA) is 43.4 Å². The highest BCUT2D eigenvalue weighted by Crippen LogP contribution is 2.33. The SMILES string of the molecule is CCCCC[C@H]1CCC(=O)[C@@H]1C(=O)OC. The summed E-state index contributed by atoms with van der Waals surface area (Å²) in [6.45, 7) is 2.15. The largest absolute Gasteiger partial charge is 0.468 e. The molecule has 0 aromatic rings. The summed E-state index contributed by atoms with van der Waals surface area (Å²) in [7, 11) is 1.36. The first kappa shape index (κ1) is 12.2. The number of carbonyl (C=O) groups is 2. The second kappa shape index (κ2) is 5.89. The Labute approximate surface area is 91.2 Å². The van der Waals surface area contributed by atoms with Gasteiger partial charge in [0.05, 0.1) is 7.11 Å². The van der Waals surface area contributed by atoms with Crippen LogP contribution in [0.2, 0.25) is 0 Å². The van der Waals surface area contributed by atoms with E-state index in [-0.39, 0.29) is 17.7 Å². The summed E-state index contributed by atoms with van der Waals surface area (Å²) in [5.74, 6) is -0.495. The number of methoxy groups -OCH3 is 1. The lowest BCUT2D eigenvalue weighted by Crippen LogP contribution is -2.26. The molecule has 0 aliphatic heterocycles. The average Bonchev–Trinajstić information content (AvgIpc) is 2.59. The van der Waals surface area contributed by atoms with Crippen molar-refractivity contribution in [3.63, 3.8) is 0 Å². The molecule has 0 heterocycles. The van der Waals surface area contributed by atoms with E-state index in [1.807, 2.05) is 0 Å². The molecule has 2 atom stereocenters. The predicted molar refractivity (Wildman–Crippen MR) is 57.4 cm³/mol. The van der Waals surface area contributed by atoms with Crippen LogP contribution in [-0.2, 0) is 14.3 Å². The lowest BCUT2D eigenvalue weighted by molar-refractivity contribution is -0.149. The molecule has 0 N–H and O–H groups in total. The van der Waals surface area contributed by atoms with E-state index in [0.29, 0.717) is 6.42 Å². The smallest absolute Gasteiger partial charge is 0.316 e. The van der Waals surface area contributed by atoms with Crippen molar-refractivity contribution in [2.75, 3.05) is 7.11 Å². The highest BCUT2D eigenvalue weighted by atomic mass is 16.5. The third kappa shape index (κ3) is 3.05. The van der Waals surface area contributed by atoms with Gasteiger partial charge in [-0.1, -0.05) is 26.2 Å². The second-order valence-electron chi connectivity index (χ2n) is 4.26. The van der Waals surface area contributed by atoms with Gasteiger partial charge in [-0.15, -0.1) is 0 Å². The van der Waals surface area contributed by atoms with Gasteiger partial charge in [0, 0.05) is 6.42 Å². The van der Waals surface area contributed by atoms with Crippen LogP contribution in [0.3, 0.4) is 0 Å². The summed E-state index contributed by atoms with van der Waals surface area (Å²) < 4.78 is 4.68. The van der Waals surface area contributed by atoms with Crippen LogP contribution in [0, 0.1) is 11.8 Å². The van der Waals surface area contributed by atoms with Gasteiger partial charge in [-0.25, -0.2) is 0 Å². The van der Waals surface area contributed by atoms with Crippen molar-refractivity contribution in [1.29, 1.82) is 0 Å². The standard InChI is InChI=1S/C12H20O3/c1-3-4-5-6-9-7-8-10(13)11(9)12(14)15-2/h9,11H,3-8H2,1-2H3/t9-,11+/m0/s1. The Kier molecular flexibility index (Phi) is 4.79. The quantitative estimate of drug-likeness (QED) is 0.399. The molecule has 86 valence electrons. The summed E-state index contributed by atoms with van der Waals surface area (Å²) in [6.07, 6.45) is 5.86. The number of esters is 1. The zero-order valence-corrected chi connectivity index (χ0v) is 9.62. The molecule has 3 heteroatoms. The molecule has 1 aliphatic carbocycles. The number of ketones is 1. The Morgan fingerprint density at radius 1 is 1.47 bits per heavy atom. The van der Waals surface area contributed by atoms with Crippen LogP contribution in [0.25, 0.3) is 0 Å². The number of hydrogen-bond acceptors (Lipinski definition) is 3. The summed E-state index contributed by atoms with van der Waals surface area (Å²) in [5.41, 5.74) is 0. The van der Waals surface area contributed by atoms with Crippen molar-refractivity contribution in [2.45, 2.75) is 45.4 Å². The molecule has 0 aromatic heterocycles. The van der Waals surface area contributed by atoms with Crippen LogP contribution in [0.4, 0.5) is 0 Å². The zero-order valence-electron chi connectivity index (χ0n) is 9.62. The van der Waals surface area contributed by atoms with E-state index in [4.69, 9.17) is 0 Å². The van der Waals surface area contributed by atoms with E-state index in [9.17, 15) is 9.59 Å². The lowest BCUT2D eigenvalue weighted by atomic mass is 9.90. The minimum atomic E-state index is -0.466. The summed E-state index contributed by atoms with van der Waals surface area (Å²) in [5, 5.41) is 0. The van der Waals surface area contributed by atoms with Crippen LogP contribution in [0.1, 0.15) is 45.4 Å². The average molecular weight is 212 g/mol. The third-order valence-corrected chi connectivity index (χ3v) is 3.21. The molecule has 1 aliphatic rings. The number of rotatable bonds is 5. The van der Waals surface area contributed by atoms with E-state index in [1.165, 1.54) is 20.0 Å². The van der Waals surface area contributed by atoms with E-state index >= 15 is 0 Å². The maximum atomic E-state index is 11.5. The second-order valence-corrected chi connectivity index (χ2v) is 4.26. The van der Waals surface area contributed by atoms with Crippen molar-refractivity contribution in [1.82, 2.24) is 0 Å². The molecule has 1 saturated carbocycles. The van der Waals surface area contributed by atoms with Crippen LogP contribution < -0.4 is 0 Å². The van der Waals surface area contributed by atoms with E-state index in [2.05, 4.69) is 11.7 Å². The first-order chi connectivity index (χ1) is 7.20. The molecular formula is C12H20O3. The van der Waals surface area contributed by atoms with Gasteiger partial charge >= 0.3 is 5.97 Å². The third-order valence-electron chi connectivity index (χ3n) is 3.21. The lowest BCUT2D eigenvalue weighted by Gasteiger charge is -2.15. The Balaban J connectivity index is 2.48. The minimum absolute atomic E-state index is 0.0725. The molecule has 1 fully saturated rings. The number of unbranched alkanes of at least 4 members (excludes halogenated alkanes) is 2. The molecule has 0 unspecified atom stereocenters. The zero-order chi connectivity index (χ0) is 11.3. The Morgan fingerprint density at radius 2 is 2.20 bits per heavy atom. The molecule has 0 radical (unpaired) electrons. The van der Waals surface area contributed by atoms with Crippen molar-refractivity contribution in [3.8, 4) is 0 Å².